The summed E-state index contributed by atoms with van der Waals surface area (Å²) >= 11 is 0. The number of anilines is 4. The highest BCUT2D eigenvalue weighted by Gasteiger charge is 2.21. The van der Waals surface area contributed by atoms with E-state index < -0.39 is 5.97 Å². The van der Waals surface area contributed by atoms with Gasteiger partial charge in [0.15, 0.2) is 24.1 Å². The molecule has 3 N–H and O–H groups in total. The molecular formula is C21H23N7O3. The van der Waals surface area contributed by atoms with Crippen LogP contribution in [-0.2, 0) is 27.3 Å². The number of fused-ring (bicyclic) bond motifs is 1. The number of nitrogens with zero attached hydrogens (tertiary/aromatic N) is 4. The lowest BCUT2D eigenvalue weighted by Crippen LogP contribution is -2.38. The van der Waals surface area contributed by atoms with E-state index in [0.29, 0.717) is 30.5 Å². The van der Waals surface area contributed by atoms with Gasteiger partial charge in [-0.2, -0.15) is 5.10 Å². The number of benzene rings is 1. The Morgan fingerprint density at radius 3 is 2.68 bits per heavy atom. The van der Waals surface area contributed by atoms with Crippen molar-refractivity contribution in [1.82, 2.24) is 25.1 Å². The number of hydrogen-bond donors (Lipinski definition) is 3. The Balaban J connectivity index is 1.44. The predicted molar refractivity (Wildman–Crippen MR) is 114 cm³/mol. The molecule has 3 heterocycles. The van der Waals surface area contributed by atoms with Crippen molar-refractivity contribution in [3.05, 3.63) is 53.5 Å². The molecule has 1 amide bonds. The van der Waals surface area contributed by atoms with Gasteiger partial charge in [-0.15, -0.1) is 0 Å². The molecule has 0 radical (unpaired) electrons. The fraction of sp³-hybridized carbons (Fsp3) is 0.286. The minimum atomic E-state index is -0.461. The number of carbonyl (C=O) groups excluding carboxylic acids is 2. The number of aromatic nitrogens is 4. The van der Waals surface area contributed by atoms with Crippen molar-refractivity contribution in [3.8, 4) is 0 Å². The van der Waals surface area contributed by atoms with Gasteiger partial charge in [0.25, 0.3) is 5.91 Å². The summed E-state index contributed by atoms with van der Waals surface area (Å²) in [6.07, 6.45) is 4.01. The average molecular weight is 421 g/mol. The van der Waals surface area contributed by atoms with Crippen LogP contribution in [-0.4, -0.2) is 50.1 Å². The molecular weight excluding hydrogens is 398 g/mol. The van der Waals surface area contributed by atoms with Crippen LogP contribution in [0.15, 0.2) is 36.7 Å². The molecule has 1 aromatic carbocycles. The van der Waals surface area contributed by atoms with Crippen molar-refractivity contribution in [1.29, 1.82) is 0 Å². The summed E-state index contributed by atoms with van der Waals surface area (Å²) in [5.41, 5.74) is 4.02. The summed E-state index contributed by atoms with van der Waals surface area (Å²) in [7, 11) is 0. The number of hydrogen-bond acceptors (Lipinski definition) is 8. The van der Waals surface area contributed by atoms with E-state index in [1.807, 2.05) is 31.2 Å². The second-order valence-corrected chi connectivity index (χ2v) is 7.30. The molecule has 0 unspecified atom stereocenters. The maximum atomic E-state index is 12.3. The molecule has 1 aliphatic heterocycles. The molecule has 0 atom stereocenters. The number of ether oxygens (including phenoxy) is 1. The molecule has 4 rings (SSSR count). The summed E-state index contributed by atoms with van der Waals surface area (Å²) in [5, 5.41) is 13.4. The zero-order chi connectivity index (χ0) is 21.8. The van der Waals surface area contributed by atoms with Gasteiger partial charge < -0.3 is 20.3 Å². The lowest BCUT2D eigenvalue weighted by molar-refractivity contribution is -0.150. The Morgan fingerprint density at radius 2 is 1.94 bits per heavy atom. The molecule has 3 aromatic rings. The van der Waals surface area contributed by atoms with Gasteiger partial charge in [0.05, 0.1) is 12.4 Å². The number of aromatic amines is 1. The number of H-pyrrole nitrogens is 1. The summed E-state index contributed by atoms with van der Waals surface area (Å²) in [4.78, 5) is 33.7. The molecule has 0 spiro atoms. The van der Waals surface area contributed by atoms with Crippen molar-refractivity contribution >= 4 is 35.0 Å². The lowest BCUT2D eigenvalue weighted by Gasteiger charge is -2.29. The van der Waals surface area contributed by atoms with Gasteiger partial charge in [-0.3, -0.25) is 19.7 Å². The molecule has 1 aliphatic rings. The van der Waals surface area contributed by atoms with E-state index in [0.717, 1.165) is 23.4 Å². The Kier molecular flexibility index (Phi) is 5.78. The fourth-order valence-electron chi connectivity index (χ4n) is 3.35. The van der Waals surface area contributed by atoms with Crippen molar-refractivity contribution < 1.29 is 14.3 Å². The van der Waals surface area contributed by atoms with Crippen molar-refractivity contribution in [2.75, 3.05) is 23.8 Å². The van der Waals surface area contributed by atoms with Crippen LogP contribution in [0.2, 0.25) is 0 Å². The highest BCUT2D eigenvalue weighted by molar-refractivity contribution is 5.80. The number of amides is 1. The first-order valence-corrected chi connectivity index (χ1v) is 9.87. The number of carbonyl (C=O) groups is 2. The van der Waals surface area contributed by atoms with Crippen LogP contribution < -0.4 is 10.6 Å². The number of nitrogens with one attached hydrogen (secondary N) is 3. The molecule has 10 heteroatoms. The van der Waals surface area contributed by atoms with Crippen molar-refractivity contribution in [2.45, 2.75) is 26.8 Å². The Bertz CT molecular complexity index is 1110. The lowest BCUT2D eigenvalue weighted by atomic mass is 9.99. The number of rotatable bonds is 6. The van der Waals surface area contributed by atoms with Gasteiger partial charge in [-0.25, -0.2) is 4.98 Å². The largest absolute Gasteiger partial charge is 0.456 e. The predicted octanol–water partition coefficient (Wildman–Crippen LogP) is 2.44. The standard InChI is InChI=1S/C21H23N7O3/c1-13-7-18(27-26-13)24-20-10-22-9-19(25-20)23-17-4-3-15-5-6-28(11-16(15)8-17)21(30)12-31-14(2)29/h3-4,7-10H,5-6,11-12H2,1-2H3,(H3,23,24,25,26,27). The summed E-state index contributed by atoms with van der Waals surface area (Å²) in [6.45, 7) is 4.05. The van der Waals surface area contributed by atoms with E-state index >= 15 is 0 Å². The first-order chi connectivity index (χ1) is 15.0. The normalized spacial score (nSPS) is 12.8. The van der Waals surface area contributed by atoms with E-state index in [1.54, 1.807) is 17.3 Å². The number of aryl methyl sites for hydroxylation is 1. The van der Waals surface area contributed by atoms with Crippen LogP contribution in [0.25, 0.3) is 0 Å². The third-order valence-corrected chi connectivity index (χ3v) is 4.84. The van der Waals surface area contributed by atoms with Crippen LogP contribution in [0.5, 0.6) is 0 Å². The highest BCUT2D eigenvalue weighted by atomic mass is 16.5. The van der Waals surface area contributed by atoms with Gasteiger partial charge in [-0.05, 0) is 36.6 Å². The molecule has 0 bridgehead atoms. The molecule has 0 saturated carbocycles. The minimum Gasteiger partial charge on any atom is -0.456 e. The van der Waals surface area contributed by atoms with E-state index in [1.165, 1.54) is 12.5 Å². The molecule has 160 valence electrons. The van der Waals surface area contributed by atoms with Crippen LogP contribution >= 0.6 is 0 Å². The van der Waals surface area contributed by atoms with E-state index in [4.69, 9.17) is 4.74 Å². The maximum absolute atomic E-state index is 12.3. The van der Waals surface area contributed by atoms with E-state index in [9.17, 15) is 9.59 Å². The Hall–Kier alpha value is -3.95. The first-order valence-electron chi connectivity index (χ1n) is 9.87. The Morgan fingerprint density at radius 1 is 1.13 bits per heavy atom. The molecule has 0 fully saturated rings. The van der Waals surface area contributed by atoms with Crippen LogP contribution in [0.4, 0.5) is 23.1 Å². The minimum absolute atomic E-state index is 0.197. The summed E-state index contributed by atoms with van der Waals surface area (Å²) < 4.78 is 4.83. The number of esters is 1. The van der Waals surface area contributed by atoms with Crippen LogP contribution in [0, 0.1) is 6.92 Å². The zero-order valence-electron chi connectivity index (χ0n) is 17.3. The second kappa shape index (κ2) is 8.82. The van der Waals surface area contributed by atoms with Crippen molar-refractivity contribution in [3.63, 3.8) is 0 Å². The third-order valence-electron chi connectivity index (χ3n) is 4.84. The average Bonchev–Trinajstić information content (AvgIpc) is 3.16. The van der Waals surface area contributed by atoms with Gasteiger partial charge in [0, 0.05) is 37.5 Å². The van der Waals surface area contributed by atoms with Crippen LogP contribution in [0.1, 0.15) is 23.7 Å². The summed E-state index contributed by atoms with van der Waals surface area (Å²) in [5.74, 6) is 1.15. The molecule has 0 aliphatic carbocycles. The molecule has 31 heavy (non-hydrogen) atoms. The van der Waals surface area contributed by atoms with Gasteiger partial charge in [0.1, 0.15) is 0 Å². The van der Waals surface area contributed by atoms with Crippen LogP contribution in [0.3, 0.4) is 0 Å². The van der Waals surface area contributed by atoms with Gasteiger partial charge in [0.2, 0.25) is 0 Å². The SMILES string of the molecule is CC(=O)OCC(=O)N1CCc2ccc(Nc3cncc(Nc4cc(C)[nH]n4)n3)cc2C1. The van der Waals surface area contributed by atoms with E-state index in [-0.39, 0.29) is 12.5 Å². The molecule has 0 saturated heterocycles. The molecule has 2 aromatic heterocycles. The Labute approximate surface area is 179 Å². The van der Waals surface area contributed by atoms with Crippen molar-refractivity contribution in [2.24, 2.45) is 0 Å². The second-order valence-electron chi connectivity index (χ2n) is 7.30. The maximum Gasteiger partial charge on any atom is 0.303 e. The fourth-order valence-corrected chi connectivity index (χ4v) is 3.35. The highest BCUT2D eigenvalue weighted by Crippen LogP contribution is 2.25. The van der Waals surface area contributed by atoms with Gasteiger partial charge >= 0.3 is 5.97 Å². The molecule has 10 nitrogen and oxygen atoms in total. The monoisotopic (exact) mass is 421 g/mol. The smallest absolute Gasteiger partial charge is 0.303 e. The zero-order valence-corrected chi connectivity index (χ0v) is 17.3. The van der Waals surface area contributed by atoms with E-state index in [2.05, 4.69) is 30.8 Å². The topological polar surface area (TPSA) is 125 Å². The van der Waals surface area contributed by atoms with Gasteiger partial charge in [-0.1, -0.05) is 6.07 Å². The quantitative estimate of drug-likeness (QED) is 0.518. The third kappa shape index (κ3) is 5.16. The summed E-state index contributed by atoms with van der Waals surface area (Å²) in [6, 6.07) is 7.90. The first kappa shape index (κ1) is 20.3.